The number of hydrogen-bond acceptors (Lipinski definition) is 2. The molecule has 94 valence electrons. The molecule has 2 rings (SSSR count). The summed E-state index contributed by atoms with van der Waals surface area (Å²) in [6.45, 7) is 2.37. The molecule has 0 spiro atoms. The van der Waals surface area contributed by atoms with Crippen LogP contribution in [-0.2, 0) is 6.54 Å². The first-order valence-electron chi connectivity index (χ1n) is 5.53. The number of benzene rings is 2. The molecule has 4 heteroatoms. The minimum Gasteiger partial charge on any atom is -0.508 e. The van der Waals surface area contributed by atoms with Crippen molar-refractivity contribution in [1.82, 2.24) is 0 Å². The lowest BCUT2D eigenvalue weighted by atomic mass is 10.2. The zero-order valence-electron chi connectivity index (χ0n) is 9.87. The second-order valence-corrected chi connectivity index (χ2v) is 4.51. The van der Waals surface area contributed by atoms with Gasteiger partial charge >= 0.3 is 0 Å². The van der Waals surface area contributed by atoms with Crippen LogP contribution in [0.15, 0.2) is 36.4 Å². The maximum atomic E-state index is 13.0. The van der Waals surface area contributed by atoms with Gasteiger partial charge in [0.15, 0.2) is 0 Å². The Morgan fingerprint density at radius 3 is 2.67 bits per heavy atom. The van der Waals surface area contributed by atoms with Gasteiger partial charge in [-0.25, -0.2) is 4.39 Å². The molecule has 0 atom stereocenters. The molecule has 0 unspecified atom stereocenters. The fourth-order valence-corrected chi connectivity index (χ4v) is 1.82. The molecule has 0 saturated carbocycles. The second kappa shape index (κ2) is 5.27. The molecule has 2 nitrogen and oxygen atoms in total. The van der Waals surface area contributed by atoms with Gasteiger partial charge in [0.2, 0.25) is 0 Å². The Kier molecular flexibility index (Phi) is 3.72. The minimum atomic E-state index is -0.416. The van der Waals surface area contributed by atoms with Crippen LogP contribution in [0.25, 0.3) is 0 Å². The van der Waals surface area contributed by atoms with Gasteiger partial charge < -0.3 is 10.4 Å². The highest BCUT2D eigenvalue weighted by Gasteiger charge is 2.02. The first kappa shape index (κ1) is 12.7. The molecular weight excluding hydrogens is 253 g/mol. The molecule has 0 aromatic heterocycles. The Bertz CT molecular complexity index is 520. The number of phenols is 1. The zero-order chi connectivity index (χ0) is 13.1. The summed E-state index contributed by atoms with van der Waals surface area (Å²) >= 11 is 5.71. The van der Waals surface area contributed by atoms with E-state index in [0.29, 0.717) is 6.54 Å². The maximum absolute atomic E-state index is 13.0. The number of aromatic hydroxyl groups is 1. The summed E-state index contributed by atoms with van der Waals surface area (Å²) in [6, 6.07) is 9.89. The number of aryl methyl sites for hydroxylation is 1. The van der Waals surface area contributed by atoms with Crippen molar-refractivity contribution in [3.63, 3.8) is 0 Å². The number of hydrogen-bond donors (Lipinski definition) is 2. The molecule has 2 aromatic rings. The van der Waals surface area contributed by atoms with Gasteiger partial charge in [0.1, 0.15) is 11.6 Å². The number of anilines is 1. The van der Waals surface area contributed by atoms with E-state index in [1.165, 1.54) is 6.07 Å². The Morgan fingerprint density at radius 1 is 1.22 bits per heavy atom. The van der Waals surface area contributed by atoms with Crippen LogP contribution in [0.4, 0.5) is 10.1 Å². The first-order chi connectivity index (χ1) is 8.56. The molecule has 0 aliphatic carbocycles. The molecule has 0 bridgehead atoms. The van der Waals surface area contributed by atoms with Crippen molar-refractivity contribution < 1.29 is 9.50 Å². The van der Waals surface area contributed by atoms with Gasteiger partial charge in [-0.15, -0.1) is 0 Å². The molecule has 0 radical (unpaired) electrons. The SMILES string of the molecule is Cc1cc(NCc2ccc(F)c(Cl)c2)ccc1O. The third-order valence-electron chi connectivity index (χ3n) is 2.68. The second-order valence-electron chi connectivity index (χ2n) is 4.10. The average Bonchev–Trinajstić information content (AvgIpc) is 2.35. The van der Waals surface area contributed by atoms with Crippen LogP contribution in [0, 0.1) is 12.7 Å². The largest absolute Gasteiger partial charge is 0.508 e. The van der Waals surface area contributed by atoms with E-state index >= 15 is 0 Å². The van der Waals surface area contributed by atoms with Crippen molar-refractivity contribution in [3.8, 4) is 5.75 Å². The van der Waals surface area contributed by atoms with E-state index in [1.807, 2.05) is 13.0 Å². The molecule has 0 heterocycles. The van der Waals surface area contributed by atoms with Gasteiger partial charge in [-0.2, -0.15) is 0 Å². The van der Waals surface area contributed by atoms with Gasteiger partial charge in [-0.05, 0) is 48.4 Å². The lowest BCUT2D eigenvalue weighted by molar-refractivity contribution is 0.471. The van der Waals surface area contributed by atoms with E-state index in [-0.39, 0.29) is 10.8 Å². The zero-order valence-corrected chi connectivity index (χ0v) is 10.6. The van der Waals surface area contributed by atoms with Gasteiger partial charge in [-0.3, -0.25) is 0 Å². The molecule has 0 saturated heterocycles. The summed E-state index contributed by atoms with van der Waals surface area (Å²) < 4.78 is 13.0. The van der Waals surface area contributed by atoms with Crippen LogP contribution in [0.1, 0.15) is 11.1 Å². The average molecular weight is 266 g/mol. The molecule has 0 aliphatic heterocycles. The Hall–Kier alpha value is -1.74. The van der Waals surface area contributed by atoms with E-state index in [4.69, 9.17) is 11.6 Å². The Labute approximate surface area is 110 Å². The van der Waals surface area contributed by atoms with Crippen molar-refractivity contribution in [3.05, 3.63) is 58.4 Å². The van der Waals surface area contributed by atoms with E-state index in [0.717, 1.165) is 16.8 Å². The highest BCUT2D eigenvalue weighted by molar-refractivity contribution is 6.30. The Morgan fingerprint density at radius 2 is 2.00 bits per heavy atom. The fraction of sp³-hybridized carbons (Fsp3) is 0.143. The number of phenolic OH excluding ortho intramolecular Hbond substituents is 1. The molecule has 2 aromatic carbocycles. The lowest BCUT2D eigenvalue weighted by Gasteiger charge is -2.08. The van der Waals surface area contributed by atoms with Crippen LogP contribution >= 0.6 is 11.6 Å². The van der Waals surface area contributed by atoms with E-state index < -0.39 is 5.82 Å². The van der Waals surface area contributed by atoms with Crippen LogP contribution < -0.4 is 5.32 Å². The molecule has 0 aliphatic rings. The highest BCUT2D eigenvalue weighted by atomic mass is 35.5. The molecule has 0 fully saturated rings. The molecule has 18 heavy (non-hydrogen) atoms. The van der Waals surface area contributed by atoms with Crippen molar-refractivity contribution in [2.24, 2.45) is 0 Å². The predicted octanol–water partition coefficient (Wildman–Crippen LogP) is 4.11. The lowest BCUT2D eigenvalue weighted by Crippen LogP contribution is -1.99. The van der Waals surface area contributed by atoms with Crippen LogP contribution in [0.5, 0.6) is 5.75 Å². The van der Waals surface area contributed by atoms with Crippen molar-refractivity contribution in [1.29, 1.82) is 0 Å². The van der Waals surface area contributed by atoms with E-state index in [2.05, 4.69) is 5.32 Å². The summed E-state index contributed by atoms with van der Waals surface area (Å²) in [5.74, 6) is -0.147. The third kappa shape index (κ3) is 2.93. The van der Waals surface area contributed by atoms with Crippen LogP contribution in [-0.4, -0.2) is 5.11 Å². The van der Waals surface area contributed by atoms with Gasteiger partial charge in [0.25, 0.3) is 0 Å². The summed E-state index contributed by atoms with van der Waals surface area (Å²) in [5, 5.41) is 12.7. The Balaban J connectivity index is 2.06. The van der Waals surface area contributed by atoms with Crippen molar-refractivity contribution >= 4 is 17.3 Å². The maximum Gasteiger partial charge on any atom is 0.141 e. The summed E-state index contributed by atoms with van der Waals surface area (Å²) in [4.78, 5) is 0. The van der Waals surface area contributed by atoms with E-state index in [9.17, 15) is 9.50 Å². The number of rotatable bonds is 3. The minimum absolute atomic E-state index is 0.121. The normalized spacial score (nSPS) is 10.4. The number of halogens is 2. The smallest absolute Gasteiger partial charge is 0.141 e. The van der Waals surface area contributed by atoms with Gasteiger partial charge in [0.05, 0.1) is 5.02 Å². The standard InChI is InChI=1S/C14H13ClFNO/c1-9-6-11(3-5-14(9)18)17-8-10-2-4-13(16)12(15)7-10/h2-7,17-18H,8H2,1H3. The van der Waals surface area contributed by atoms with Crippen LogP contribution in [0.2, 0.25) is 5.02 Å². The molecular formula is C14H13ClFNO. The quantitative estimate of drug-likeness (QED) is 0.819. The van der Waals surface area contributed by atoms with Crippen molar-refractivity contribution in [2.45, 2.75) is 13.5 Å². The van der Waals surface area contributed by atoms with E-state index in [1.54, 1.807) is 24.3 Å². The van der Waals surface area contributed by atoms with Gasteiger partial charge in [-0.1, -0.05) is 17.7 Å². The topological polar surface area (TPSA) is 32.3 Å². The van der Waals surface area contributed by atoms with Gasteiger partial charge in [0, 0.05) is 12.2 Å². The van der Waals surface area contributed by atoms with Crippen LogP contribution in [0.3, 0.4) is 0 Å². The highest BCUT2D eigenvalue weighted by Crippen LogP contribution is 2.21. The summed E-state index contributed by atoms with van der Waals surface area (Å²) in [6.07, 6.45) is 0. The molecule has 0 amide bonds. The summed E-state index contributed by atoms with van der Waals surface area (Å²) in [5.41, 5.74) is 2.59. The first-order valence-corrected chi connectivity index (χ1v) is 5.91. The van der Waals surface area contributed by atoms with Crippen molar-refractivity contribution in [2.75, 3.05) is 5.32 Å². The third-order valence-corrected chi connectivity index (χ3v) is 2.97. The fourth-order valence-electron chi connectivity index (χ4n) is 1.62. The molecule has 2 N–H and O–H groups in total. The predicted molar refractivity (Wildman–Crippen MR) is 71.6 cm³/mol. The monoisotopic (exact) mass is 265 g/mol. The summed E-state index contributed by atoms with van der Waals surface area (Å²) in [7, 11) is 0. The number of nitrogens with one attached hydrogen (secondary N) is 1.